The lowest BCUT2D eigenvalue weighted by atomic mass is 9.91. The Labute approximate surface area is 310 Å². The average Bonchev–Trinajstić information content (AvgIpc) is 3.73. The van der Waals surface area contributed by atoms with Gasteiger partial charge in [0.05, 0.1) is 34.1 Å². The standard InChI is InChI=1S/C40H31F3N4O4S2/c1-4-50-37(49)33-34(26-13-9-6-10-14-26)46-39-47(35(33)27-17-15-24(16-18-27)23(2)3)36(48)30(52-39)21-28-19-20-32(51-28)53-38-44-29(25-11-7-5-8-12-25)22-31(45-38)40(41,42)43/h5-23,35H,4H2,1-3H3/b30-21+/t35-/m0/s1. The first-order chi connectivity index (χ1) is 25.5. The molecule has 0 radical (unpaired) electrons. The zero-order valence-electron chi connectivity index (χ0n) is 28.6. The van der Waals surface area contributed by atoms with Crippen molar-refractivity contribution in [1.29, 1.82) is 0 Å². The summed E-state index contributed by atoms with van der Waals surface area (Å²) >= 11 is 1.96. The van der Waals surface area contributed by atoms with Gasteiger partial charge in [0.15, 0.2) is 15.1 Å². The summed E-state index contributed by atoms with van der Waals surface area (Å²) in [5.41, 5.74) is 2.29. The van der Waals surface area contributed by atoms with Crippen LogP contribution in [-0.4, -0.2) is 27.1 Å². The highest BCUT2D eigenvalue weighted by Gasteiger charge is 2.36. The number of esters is 1. The Morgan fingerprint density at radius 2 is 1.64 bits per heavy atom. The molecule has 1 atom stereocenters. The zero-order chi connectivity index (χ0) is 37.3. The summed E-state index contributed by atoms with van der Waals surface area (Å²) in [4.78, 5) is 41.4. The maximum absolute atomic E-state index is 14.3. The normalized spacial score (nSPS) is 14.7. The highest BCUT2D eigenvalue weighted by atomic mass is 32.2. The Kier molecular flexibility index (Phi) is 10.0. The number of fused-ring (bicyclic) bond motifs is 1. The van der Waals surface area contributed by atoms with Crippen LogP contribution in [0.1, 0.15) is 60.9 Å². The maximum atomic E-state index is 14.3. The van der Waals surface area contributed by atoms with Crippen molar-refractivity contribution in [3.8, 4) is 11.3 Å². The number of rotatable bonds is 9. The molecule has 53 heavy (non-hydrogen) atoms. The summed E-state index contributed by atoms with van der Waals surface area (Å²) in [6, 6.07) is 28.8. The Morgan fingerprint density at radius 3 is 2.28 bits per heavy atom. The molecule has 3 aromatic heterocycles. The summed E-state index contributed by atoms with van der Waals surface area (Å²) < 4.78 is 54.7. The van der Waals surface area contributed by atoms with Gasteiger partial charge in [-0.2, -0.15) is 13.2 Å². The molecular weight excluding hydrogens is 722 g/mol. The Morgan fingerprint density at radius 1 is 0.962 bits per heavy atom. The van der Waals surface area contributed by atoms with E-state index in [0.717, 1.165) is 34.7 Å². The van der Waals surface area contributed by atoms with Crippen LogP contribution < -0.4 is 14.9 Å². The molecule has 0 aliphatic carbocycles. The van der Waals surface area contributed by atoms with Crippen LogP contribution in [0.25, 0.3) is 23.0 Å². The molecule has 8 nitrogen and oxygen atoms in total. The molecule has 0 saturated carbocycles. The molecule has 0 amide bonds. The van der Waals surface area contributed by atoms with Crippen molar-refractivity contribution in [2.75, 3.05) is 6.61 Å². The number of nitrogens with zero attached hydrogens (tertiary/aromatic N) is 4. The molecule has 0 bridgehead atoms. The van der Waals surface area contributed by atoms with E-state index in [1.165, 1.54) is 4.57 Å². The fraction of sp³-hybridized carbons (Fsp3) is 0.175. The van der Waals surface area contributed by atoms with Crippen LogP contribution in [0.3, 0.4) is 0 Å². The quantitative estimate of drug-likeness (QED) is 0.108. The molecule has 3 aromatic carbocycles. The minimum absolute atomic E-state index is 0.119. The lowest BCUT2D eigenvalue weighted by Gasteiger charge is -2.26. The second kappa shape index (κ2) is 14.8. The fourth-order valence-corrected chi connectivity index (χ4v) is 7.60. The Balaban J connectivity index is 1.31. The minimum Gasteiger partial charge on any atom is -0.463 e. The molecule has 7 rings (SSSR count). The van der Waals surface area contributed by atoms with Gasteiger partial charge in [0.1, 0.15) is 11.5 Å². The van der Waals surface area contributed by atoms with Crippen molar-refractivity contribution in [3.05, 3.63) is 157 Å². The number of hydrogen-bond acceptors (Lipinski definition) is 9. The van der Waals surface area contributed by atoms with Gasteiger partial charge >= 0.3 is 12.1 Å². The average molecular weight is 753 g/mol. The first kappa shape index (κ1) is 35.9. The first-order valence-corrected chi connectivity index (χ1v) is 18.3. The summed E-state index contributed by atoms with van der Waals surface area (Å²) in [6.07, 6.45) is -3.14. The number of aromatic nitrogens is 3. The molecule has 6 aromatic rings. The number of carbonyl (C=O) groups is 1. The number of ether oxygens (including phenoxy) is 1. The Hall–Kier alpha value is -5.53. The van der Waals surface area contributed by atoms with Gasteiger partial charge in [0, 0.05) is 17.2 Å². The summed E-state index contributed by atoms with van der Waals surface area (Å²) in [7, 11) is 0. The van der Waals surface area contributed by atoms with Crippen molar-refractivity contribution < 1.29 is 27.1 Å². The third-order valence-corrected chi connectivity index (χ3v) is 10.2. The lowest BCUT2D eigenvalue weighted by molar-refractivity contribution is -0.141. The van der Waals surface area contributed by atoms with E-state index in [0.29, 0.717) is 27.2 Å². The topological polar surface area (TPSA) is 99.6 Å². The number of carbonyl (C=O) groups excluding carboxylic acids is 1. The van der Waals surface area contributed by atoms with Gasteiger partial charge in [-0.3, -0.25) is 9.36 Å². The molecule has 0 saturated heterocycles. The van der Waals surface area contributed by atoms with Crippen LogP contribution >= 0.6 is 23.1 Å². The number of thiazole rings is 1. The predicted molar refractivity (Wildman–Crippen MR) is 197 cm³/mol. The van der Waals surface area contributed by atoms with E-state index in [-0.39, 0.29) is 44.3 Å². The molecule has 0 spiro atoms. The van der Waals surface area contributed by atoms with Crippen LogP contribution in [0.15, 0.2) is 133 Å². The van der Waals surface area contributed by atoms with Gasteiger partial charge in [-0.1, -0.05) is 110 Å². The summed E-state index contributed by atoms with van der Waals surface area (Å²) in [5, 5.41) is 0.0730. The molecule has 13 heteroatoms. The van der Waals surface area contributed by atoms with Crippen LogP contribution in [0.4, 0.5) is 13.2 Å². The van der Waals surface area contributed by atoms with Crippen molar-refractivity contribution >= 4 is 40.8 Å². The van der Waals surface area contributed by atoms with Gasteiger partial charge in [-0.15, -0.1) is 0 Å². The van der Waals surface area contributed by atoms with Crippen molar-refractivity contribution in [3.63, 3.8) is 0 Å². The highest BCUT2D eigenvalue weighted by Crippen LogP contribution is 2.37. The van der Waals surface area contributed by atoms with Crippen LogP contribution in [0.5, 0.6) is 0 Å². The van der Waals surface area contributed by atoms with E-state index >= 15 is 0 Å². The van der Waals surface area contributed by atoms with Gasteiger partial charge in [0.2, 0.25) is 0 Å². The number of alkyl halides is 3. The summed E-state index contributed by atoms with van der Waals surface area (Å²) in [5.74, 6) is -0.0330. The lowest BCUT2D eigenvalue weighted by Crippen LogP contribution is -2.40. The second-order valence-corrected chi connectivity index (χ2v) is 14.3. The van der Waals surface area contributed by atoms with Gasteiger partial charge in [-0.25, -0.2) is 19.8 Å². The Bertz CT molecular complexity index is 2510. The van der Waals surface area contributed by atoms with Crippen molar-refractivity contribution in [2.45, 2.75) is 49.2 Å². The third-order valence-electron chi connectivity index (χ3n) is 8.43. The molecule has 0 fully saturated rings. The molecule has 4 heterocycles. The van der Waals surface area contributed by atoms with Gasteiger partial charge in [0.25, 0.3) is 5.56 Å². The first-order valence-electron chi connectivity index (χ1n) is 16.7. The molecule has 1 aliphatic rings. The van der Waals surface area contributed by atoms with Crippen LogP contribution in [-0.2, 0) is 15.7 Å². The number of halogens is 3. The largest absolute Gasteiger partial charge is 0.463 e. The minimum atomic E-state index is -4.69. The third kappa shape index (κ3) is 7.53. The number of furan rings is 1. The second-order valence-electron chi connectivity index (χ2n) is 12.3. The van der Waals surface area contributed by atoms with E-state index in [1.54, 1.807) is 55.5 Å². The van der Waals surface area contributed by atoms with Gasteiger partial charge in [-0.05, 0) is 53.9 Å². The van der Waals surface area contributed by atoms with E-state index in [1.807, 2.05) is 54.6 Å². The molecule has 268 valence electrons. The fourth-order valence-electron chi connectivity index (χ4n) is 5.88. The molecule has 1 aliphatic heterocycles. The highest BCUT2D eigenvalue weighted by molar-refractivity contribution is 7.99. The maximum Gasteiger partial charge on any atom is 0.433 e. The molecule has 0 N–H and O–H groups in total. The number of benzene rings is 3. The number of hydrogen-bond donors (Lipinski definition) is 0. The monoisotopic (exact) mass is 752 g/mol. The predicted octanol–water partition coefficient (Wildman–Crippen LogP) is 8.28. The zero-order valence-corrected chi connectivity index (χ0v) is 30.3. The molecule has 0 unspecified atom stereocenters. The van der Waals surface area contributed by atoms with Gasteiger partial charge < -0.3 is 9.15 Å². The van der Waals surface area contributed by atoms with E-state index < -0.39 is 29.4 Å². The smallest absolute Gasteiger partial charge is 0.433 e. The van der Waals surface area contributed by atoms with Crippen LogP contribution in [0.2, 0.25) is 0 Å². The van der Waals surface area contributed by atoms with Crippen molar-refractivity contribution in [1.82, 2.24) is 14.5 Å². The van der Waals surface area contributed by atoms with E-state index in [2.05, 4.69) is 23.8 Å². The SMILES string of the molecule is CCOC(=O)C1=C(c2ccccc2)N=c2s/c(=C/c3ccc(Sc4nc(-c5ccccc5)cc(C(F)(F)F)n4)o3)c(=O)n2[C@H]1c1ccc(C(C)C)cc1. The summed E-state index contributed by atoms with van der Waals surface area (Å²) in [6.45, 7) is 6.02. The van der Waals surface area contributed by atoms with Crippen molar-refractivity contribution in [2.24, 2.45) is 4.99 Å². The van der Waals surface area contributed by atoms with Crippen LogP contribution in [0, 0.1) is 0 Å². The van der Waals surface area contributed by atoms with E-state index in [9.17, 15) is 22.8 Å². The molecular formula is C40H31F3N4O4S2. The van der Waals surface area contributed by atoms with E-state index in [4.69, 9.17) is 14.1 Å².